The van der Waals surface area contributed by atoms with Gasteiger partial charge < -0.3 is 0 Å². The van der Waals surface area contributed by atoms with Gasteiger partial charge >= 0.3 is 0 Å². The number of carbonyl (C=O) groups excluding carboxylic acids is 1. The molecule has 0 saturated heterocycles. The molecule has 0 saturated carbocycles. The zero-order valence-corrected chi connectivity index (χ0v) is 10.5. The van der Waals surface area contributed by atoms with Crippen molar-refractivity contribution in [2.75, 3.05) is 0 Å². The van der Waals surface area contributed by atoms with E-state index in [0.29, 0.717) is 16.2 Å². The Balaban J connectivity index is 2.11. The number of nitrogens with zero attached hydrogens (tertiary/aromatic N) is 1. The van der Waals surface area contributed by atoms with Gasteiger partial charge in [0.15, 0.2) is 0 Å². The predicted molar refractivity (Wildman–Crippen MR) is 70.4 cm³/mol. The second kappa shape index (κ2) is 5.55. The Kier molecular flexibility index (Phi) is 3.84. The summed E-state index contributed by atoms with van der Waals surface area (Å²) < 4.78 is 13.4. The molecule has 0 aliphatic carbocycles. The first-order chi connectivity index (χ1) is 8.68. The first kappa shape index (κ1) is 12.4. The fraction of sp³-hybridized carbons (Fsp3) is 0.0769. The Morgan fingerprint density at radius 2 is 2.06 bits per heavy atom. The summed E-state index contributed by atoms with van der Waals surface area (Å²) in [6, 6.07) is 9.79. The molecule has 1 aromatic carbocycles. The van der Waals surface area contributed by atoms with Gasteiger partial charge in [0.1, 0.15) is 5.82 Å². The largest absolute Gasteiger partial charge is 0.281 e. The van der Waals surface area contributed by atoms with Gasteiger partial charge in [-0.25, -0.2) is 9.82 Å². The molecular formula is C13H11FN2OS. The number of hydrogen-bond donors (Lipinski definition) is 1. The zero-order valence-electron chi connectivity index (χ0n) is 9.68. The minimum atomic E-state index is -0.357. The average Bonchev–Trinajstić information content (AvgIpc) is 2.90. The lowest BCUT2D eigenvalue weighted by atomic mass is 10.1. The normalized spacial score (nSPS) is 11.3. The molecular weight excluding hydrogens is 251 g/mol. The molecule has 2 aromatic rings. The van der Waals surface area contributed by atoms with E-state index in [9.17, 15) is 9.18 Å². The summed E-state index contributed by atoms with van der Waals surface area (Å²) in [5.41, 5.74) is 3.21. The van der Waals surface area contributed by atoms with Crippen LogP contribution in [-0.4, -0.2) is 11.6 Å². The quantitative estimate of drug-likeness (QED) is 0.670. The molecule has 18 heavy (non-hydrogen) atoms. The molecule has 0 bridgehead atoms. The van der Waals surface area contributed by atoms with Crippen LogP contribution in [0.25, 0.3) is 0 Å². The van der Waals surface area contributed by atoms with Crippen molar-refractivity contribution >= 4 is 23.0 Å². The summed E-state index contributed by atoms with van der Waals surface area (Å²) in [4.78, 5) is 12.2. The number of halogens is 1. The molecule has 2 rings (SSSR count). The highest BCUT2D eigenvalue weighted by Gasteiger charge is 2.07. The highest BCUT2D eigenvalue weighted by atomic mass is 32.1. The third-order valence-corrected chi connectivity index (χ3v) is 3.20. The number of rotatable bonds is 3. The first-order valence-electron chi connectivity index (χ1n) is 5.31. The third kappa shape index (κ3) is 2.81. The van der Waals surface area contributed by atoms with Gasteiger partial charge in [0.25, 0.3) is 5.91 Å². The molecule has 1 N–H and O–H groups in total. The Morgan fingerprint density at radius 1 is 1.28 bits per heavy atom. The molecule has 0 spiro atoms. The van der Waals surface area contributed by atoms with Gasteiger partial charge in [0.2, 0.25) is 0 Å². The predicted octanol–water partition coefficient (Wildman–Crippen LogP) is 3.04. The van der Waals surface area contributed by atoms with Crippen molar-refractivity contribution in [2.45, 2.75) is 6.92 Å². The molecule has 5 heteroatoms. The van der Waals surface area contributed by atoms with Gasteiger partial charge in [-0.2, -0.15) is 5.10 Å². The van der Waals surface area contributed by atoms with E-state index in [1.54, 1.807) is 37.3 Å². The van der Waals surface area contributed by atoms with Crippen molar-refractivity contribution in [1.82, 2.24) is 5.43 Å². The molecule has 0 fully saturated rings. The lowest BCUT2D eigenvalue weighted by Gasteiger charge is -2.02. The first-order valence-corrected chi connectivity index (χ1v) is 6.19. The molecule has 92 valence electrons. The van der Waals surface area contributed by atoms with Crippen LogP contribution >= 0.6 is 11.3 Å². The van der Waals surface area contributed by atoms with Crippen molar-refractivity contribution in [3.8, 4) is 0 Å². The van der Waals surface area contributed by atoms with Crippen molar-refractivity contribution in [3.63, 3.8) is 0 Å². The Morgan fingerprint density at radius 3 is 2.72 bits per heavy atom. The SMILES string of the molecule is CC(=NNC(=O)c1cccs1)c1ccccc1F. The monoisotopic (exact) mass is 262 g/mol. The number of hydrogen-bond acceptors (Lipinski definition) is 3. The summed E-state index contributed by atoms with van der Waals surface area (Å²) in [6.07, 6.45) is 0. The molecule has 0 aliphatic heterocycles. The van der Waals surface area contributed by atoms with Crippen LogP contribution in [0, 0.1) is 5.82 Å². The number of benzene rings is 1. The van der Waals surface area contributed by atoms with E-state index in [1.165, 1.54) is 17.4 Å². The van der Waals surface area contributed by atoms with Crippen molar-refractivity contribution < 1.29 is 9.18 Å². The second-order valence-electron chi connectivity index (χ2n) is 3.60. The molecule has 1 amide bonds. The molecule has 1 heterocycles. The van der Waals surface area contributed by atoms with Gasteiger partial charge in [-0.15, -0.1) is 11.3 Å². The van der Waals surface area contributed by atoms with E-state index in [2.05, 4.69) is 10.5 Å². The van der Waals surface area contributed by atoms with Crippen LogP contribution in [0.3, 0.4) is 0 Å². The van der Waals surface area contributed by atoms with E-state index in [0.717, 1.165) is 0 Å². The summed E-state index contributed by atoms with van der Waals surface area (Å²) in [5, 5.41) is 5.70. The fourth-order valence-electron chi connectivity index (χ4n) is 1.41. The van der Waals surface area contributed by atoms with Gasteiger partial charge in [-0.05, 0) is 24.4 Å². The molecule has 0 aliphatic rings. The van der Waals surface area contributed by atoms with Crippen LogP contribution in [0.4, 0.5) is 4.39 Å². The van der Waals surface area contributed by atoms with Gasteiger partial charge in [0, 0.05) is 5.56 Å². The summed E-state index contributed by atoms with van der Waals surface area (Å²) in [7, 11) is 0. The molecule has 0 atom stereocenters. The summed E-state index contributed by atoms with van der Waals surface area (Å²) in [6.45, 7) is 1.65. The fourth-order valence-corrected chi connectivity index (χ4v) is 2.03. The Bertz CT molecular complexity index is 578. The van der Waals surface area contributed by atoms with E-state index in [4.69, 9.17) is 0 Å². The van der Waals surface area contributed by atoms with Crippen LogP contribution in [-0.2, 0) is 0 Å². The van der Waals surface area contributed by atoms with E-state index < -0.39 is 0 Å². The minimum absolute atomic E-state index is 0.291. The number of amides is 1. The van der Waals surface area contributed by atoms with Gasteiger partial charge in [-0.3, -0.25) is 4.79 Å². The number of hydrazone groups is 1. The van der Waals surface area contributed by atoms with Gasteiger partial charge in [-0.1, -0.05) is 24.3 Å². The third-order valence-electron chi connectivity index (χ3n) is 2.33. The molecule has 0 unspecified atom stereocenters. The van der Waals surface area contributed by atoms with Crippen LogP contribution in [0.5, 0.6) is 0 Å². The van der Waals surface area contributed by atoms with Crippen LogP contribution in [0.15, 0.2) is 46.9 Å². The minimum Gasteiger partial charge on any atom is -0.266 e. The van der Waals surface area contributed by atoms with Crippen molar-refractivity contribution in [1.29, 1.82) is 0 Å². The second-order valence-corrected chi connectivity index (χ2v) is 4.54. The number of thiophene rings is 1. The maximum Gasteiger partial charge on any atom is 0.281 e. The van der Waals surface area contributed by atoms with Gasteiger partial charge in [0.05, 0.1) is 10.6 Å². The summed E-state index contributed by atoms with van der Waals surface area (Å²) in [5.74, 6) is -0.648. The lowest BCUT2D eigenvalue weighted by molar-refractivity contribution is 0.0959. The van der Waals surface area contributed by atoms with Crippen LogP contribution < -0.4 is 5.43 Å². The maximum atomic E-state index is 13.4. The van der Waals surface area contributed by atoms with Crippen LogP contribution in [0.2, 0.25) is 0 Å². The molecule has 3 nitrogen and oxygen atoms in total. The lowest BCUT2D eigenvalue weighted by Crippen LogP contribution is -2.18. The summed E-state index contributed by atoms with van der Waals surface area (Å²) >= 11 is 1.33. The zero-order chi connectivity index (χ0) is 13.0. The van der Waals surface area contributed by atoms with E-state index in [-0.39, 0.29) is 11.7 Å². The van der Waals surface area contributed by atoms with E-state index in [1.807, 2.05) is 5.38 Å². The smallest absolute Gasteiger partial charge is 0.266 e. The van der Waals surface area contributed by atoms with E-state index >= 15 is 0 Å². The average molecular weight is 262 g/mol. The highest BCUT2D eigenvalue weighted by Crippen LogP contribution is 2.09. The standard InChI is InChI=1S/C13H11FN2OS/c1-9(10-5-2-3-6-11(10)14)15-16-13(17)12-7-4-8-18-12/h2-8H,1H3,(H,16,17). The molecule has 1 aromatic heterocycles. The number of nitrogens with one attached hydrogen (secondary N) is 1. The topological polar surface area (TPSA) is 41.5 Å². The Hall–Kier alpha value is -2.01. The number of carbonyl (C=O) groups is 1. The maximum absolute atomic E-state index is 13.4. The Labute approximate surface area is 108 Å². The molecule has 0 radical (unpaired) electrons. The van der Waals surface area contributed by atoms with Crippen LogP contribution in [0.1, 0.15) is 22.2 Å². The highest BCUT2D eigenvalue weighted by molar-refractivity contribution is 7.12. The van der Waals surface area contributed by atoms with Crippen molar-refractivity contribution in [3.05, 3.63) is 58.0 Å². The van der Waals surface area contributed by atoms with Crippen molar-refractivity contribution in [2.24, 2.45) is 5.10 Å².